The average molecular weight is 378 g/mol. The fourth-order valence-electron chi connectivity index (χ4n) is 3.01. The molecule has 2 aromatic carbocycles. The van der Waals surface area contributed by atoms with Crippen molar-refractivity contribution >= 4 is 6.03 Å². The number of rotatable bonds is 7. The summed E-state index contributed by atoms with van der Waals surface area (Å²) in [6.07, 6.45) is 3.01. The van der Waals surface area contributed by atoms with Gasteiger partial charge in [-0.05, 0) is 29.8 Å². The summed E-state index contributed by atoms with van der Waals surface area (Å²) in [7, 11) is 1.77. The number of hydrazine groups is 1. The highest BCUT2D eigenvalue weighted by Gasteiger charge is 2.26. The zero-order valence-corrected chi connectivity index (χ0v) is 15.6. The van der Waals surface area contributed by atoms with Gasteiger partial charge in [0.05, 0.1) is 12.3 Å². The van der Waals surface area contributed by atoms with Crippen LogP contribution in [-0.2, 0) is 12.8 Å². The summed E-state index contributed by atoms with van der Waals surface area (Å²) in [4.78, 5) is 17.6. The van der Waals surface area contributed by atoms with Gasteiger partial charge in [0.1, 0.15) is 18.2 Å². The minimum absolute atomic E-state index is 0.0507. The summed E-state index contributed by atoms with van der Waals surface area (Å²) >= 11 is 0. The molecule has 1 atom stereocenters. The summed E-state index contributed by atoms with van der Waals surface area (Å²) in [6.45, 7) is 0.519. The highest BCUT2D eigenvalue weighted by Crippen LogP contribution is 2.19. The molecule has 7 heteroatoms. The van der Waals surface area contributed by atoms with Gasteiger partial charge in [0.2, 0.25) is 5.89 Å². The van der Waals surface area contributed by atoms with Gasteiger partial charge in [-0.25, -0.2) is 15.2 Å². The van der Waals surface area contributed by atoms with Gasteiger partial charge >= 0.3 is 6.03 Å². The van der Waals surface area contributed by atoms with E-state index < -0.39 is 0 Å². The molecule has 0 radical (unpaired) electrons. The maximum atomic E-state index is 11.5. The number of carbonyl (C=O) groups is 1. The Balaban J connectivity index is 1.26. The van der Waals surface area contributed by atoms with Gasteiger partial charge in [0, 0.05) is 25.5 Å². The van der Waals surface area contributed by atoms with Gasteiger partial charge in [-0.15, -0.1) is 0 Å². The molecule has 1 aromatic heterocycles. The topological polar surface area (TPSA) is 79.6 Å². The molecule has 0 saturated carbocycles. The molecule has 0 spiro atoms. The fraction of sp³-hybridized carbons (Fsp3) is 0.238. The highest BCUT2D eigenvalue weighted by atomic mass is 16.5. The van der Waals surface area contributed by atoms with Crippen LogP contribution >= 0.6 is 0 Å². The predicted molar refractivity (Wildman–Crippen MR) is 105 cm³/mol. The number of urea groups is 1. The second-order valence-corrected chi connectivity index (χ2v) is 6.66. The first-order chi connectivity index (χ1) is 13.7. The van der Waals surface area contributed by atoms with E-state index in [4.69, 9.17) is 9.15 Å². The maximum Gasteiger partial charge on any atom is 0.332 e. The number of oxazole rings is 1. The Bertz CT molecular complexity index is 924. The van der Waals surface area contributed by atoms with Crippen LogP contribution < -0.4 is 15.6 Å². The summed E-state index contributed by atoms with van der Waals surface area (Å²) in [5, 5.41) is 0. The summed E-state index contributed by atoms with van der Waals surface area (Å²) in [5.74, 6) is 1.43. The van der Waals surface area contributed by atoms with Crippen molar-refractivity contribution in [2.24, 2.45) is 0 Å². The van der Waals surface area contributed by atoms with Crippen LogP contribution in [0.5, 0.6) is 5.75 Å². The number of hydrogen-bond acceptors (Lipinski definition) is 5. The fourth-order valence-corrected chi connectivity index (χ4v) is 3.01. The van der Waals surface area contributed by atoms with E-state index in [0.717, 1.165) is 29.0 Å². The molecule has 7 nitrogen and oxygen atoms in total. The Morgan fingerprint density at radius 2 is 1.93 bits per heavy atom. The van der Waals surface area contributed by atoms with Crippen LogP contribution in [0.4, 0.5) is 4.79 Å². The van der Waals surface area contributed by atoms with Crippen molar-refractivity contribution in [3.63, 3.8) is 0 Å². The van der Waals surface area contributed by atoms with Crippen LogP contribution in [0.3, 0.4) is 0 Å². The van der Waals surface area contributed by atoms with Crippen LogP contribution in [-0.4, -0.2) is 35.7 Å². The van der Waals surface area contributed by atoms with Gasteiger partial charge < -0.3 is 14.1 Å². The lowest BCUT2D eigenvalue weighted by Crippen LogP contribution is -2.36. The number of hydrogen-bond donors (Lipinski definition) is 2. The summed E-state index contributed by atoms with van der Waals surface area (Å²) in [6, 6.07) is 17.6. The van der Waals surface area contributed by atoms with E-state index in [1.807, 2.05) is 54.6 Å². The Morgan fingerprint density at radius 1 is 1.14 bits per heavy atom. The molecular formula is C21H22N4O3. The quantitative estimate of drug-likeness (QED) is 0.661. The van der Waals surface area contributed by atoms with Gasteiger partial charge in [-0.1, -0.05) is 30.3 Å². The van der Waals surface area contributed by atoms with Crippen LogP contribution in [0.2, 0.25) is 0 Å². The van der Waals surface area contributed by atoms with E-state index in [9.17, 15) is 4.79 Å². The smallest absolute Gasteiger partial charge is 0.332 e. The SMILES string of the molecule is CN1C(=O)NNC1Cc1ccc(OCCc2coc(-c3ccccc3)n2)cc1. The molecule has 2 amide bonds. The molecule has 2 N–H and O–H groups in total. The maximum absolute atomic E-state index is 11.5. The molecule has 4 rings (SSSR count). The number of amides is 2. The first-order valence-electron chi connectivity index (χ1n) is 9.19. The minimum Gasteiger partial charge on any atom is -0.493 e. The van der Waals surface area contributed by atoms with E-state index in [1.165, 1.54) is 0 Å². The number of benzene rings is 2. The first-order valence-corrected chi connectivity index (χ1v) is 9.19. The molecule has 1 fully saturated rings. The number of aromatic nitrogens is 1. The molecule has 1 saturated heterocycles. The van der Waals surface area contributed by atoms with Crippen molar-refractivity contribution in [1.29, 1.82) is 0 Å². The average Bonchev–Trinajstić information content (AvgIpc) is 3.32. The van der Waals surface area contributed by atoms with Gasteiger partial charge in [0.25, 0.3) is 0 Å². The van der Waals surface area contributed by atoms with E-state index in [0.29, 0.717) is 18.9 Å². The molecule has 1 unspecified atom stereocenters. The molecule has 2 heterocycles. The van der Waals surface area contributed by atoms with E-state index in [1.54, 1.807) is 18.2 Å². The molecule has 0 bridgehead atoms. The minimum atomic E-state index is -0.117. The Morgan fingerprint density at radius 3 is 2.64 bits per heavy atom. The number of ether oxygens (including phenoxy) is 1. The largest absolute Gasteiger partial charge is 0.493 e. The van der Waals surface area contributed by atoms with Crippen LogP contribution in [0.1, 0.15) is 11.3 Å². The third kappa shape index (κ3) is 4.15. The van der Waals surface area contributed by atoms with E-state index in [2.05, 4.69) is 15.8 Å². The van der Waals surface area contributed by atoms with Gasteiger partial charge in [0.15, 0.2) is 0 Å². The third-order valence-electron chi connectivity index (χ3n) is 4.69. The second kappa shape index (κ2) is 8.14. The zero-order valence-electron chi connectivity index (χ0n) is 15.6. The molecule has 144 valence electrons. The van der Waals surface area contributed by atoms with Crippen molar-refractivity contribution in [1.82, 2.24) is 20.7 Å². The lowest BCUT2D eigenvalue weighted by atomic mass is 10.1. The molecule has 1 aliphatic heterocycles. The third-order valence-corrected chi connectivity index (χ3v) is 4.69. The van der Waals surface area contributed by atoms with Crippen molar-refractivity contribution in [2.75, 3.05) is 13.7 Å². The first kappa shape index (κ1) is 18.1. The Labute approximate surface area is 163 Å². The number of nitrogens with zero attached hydrogens (tertiary/aromatic N) is 2. The standard InChI is InChI=1S/C21H22N4O3/c1-25-19(23-24-21(25)26)13-15-7-9-18(10-8-15)27-12-11-17-14-28-20(22-17)16-5-3-2-4-6-16/h2-10,14,19,23H,11-13H2,1H3,(H,24,26). The van der Waals surface area contributed by atoms with E-state index in [-0.39, 0.29) is 12.2 Å². The second-order valence-electron chi connectivity index (χ2n) is 6.66. The molecule has 1 aliphatic rings. The van der Waals surface area contributed by atoms with Gasteiger partial charge in [-0.3, -0.25) is 5.43 Å². The number of carbonyl (C=O) groups excluding carboxylic acids is 1. The summed E-state index contributed by atoms with van der Waals surface area (Å²) in [5.41, 5.74) is 8.52. The van der Waals surface area contributed by atoms with E-state index >= 15 is 0 Å². The molecule has 3 aromatic rings. The van der Waals surface area contributed by atoms with Crippen LogP contribution in [0.25, 0.3) is 11.5 Å². The highest BCUT2D eigenvalue weighted by molar-refractivity contribution is 5.75. The monoisotopic (exact) mass is 378 g/mol. The van der Waals surface area contributed by atoms with Crippen molar-refractivity contribution in [2.45, 2.75) is 19.0 Å². The van der Waals surface area contributed by atoms with Gasteiger partial charge in [-0.2, -0.15) is 0 Å². The number of nitrogens with one attached hydrogen (secondary N) is 2. The van der Waals surface area contributed by atoms with Crippen molar-refractivity contribution in [3.8, 4) is 17.2 Å². The Kier molecular flexibility index (Phi) is 5.25. The number of likely N-dealkylation sites (N-methyl/N-ethyl adjacent to an activating group) is 1. The molecule has 0 aliphatic carbocycles. The molecular weight excluding hydrogens is 356 g/mol. The zero-order chi connectivity index (χ0) is 19.3. The molecule has 28 heavy (non-hydrogen) atoms. The normalized spacial score (nSPS) is 16.2. The van der Waals surface area contributed by atoms with Crippen LogP contribution in [0.15, 0.2) is 65.3 Å². The Hall–Kier alpha value is -3.32. The lowest BCUT2D eigenvalue weighted by molar-refractivity contribution is 0.215. The predicted octanol–water partition coefficient (Wildman–Crippen LogP) is 2.99. The van der Waals surface area contributed by atoms with Crippen molar-refractivity contribution < 1.29 is 13.9 Å². The van der Waals surface area contributed by atoms with Crippen LogP contribution in [0, 0.1) is 0 Å². The van der Waals surface area contributed by atoms with Crippen molar-refractivity contribution in [3.05, 3.63) is 72.1 Å². The lowest BCUT2D eigenvalue weighted by Gasteiger charge is -2.17. The summed E-state index contributed by atoms with van der Waals surface area (Å²) < 4.78 is 11.4.